The smallest absolute Gasteiger partial charge is 0.337 e. The summed E-state index contributed by atoms with van der Waals surface area (Å²) < 4.78 is 6.73. The second kappa shape index (κ2) is 5.22. The van der Waals surface area contributed by atoms with Gasteiger partial charge in [0.25, 0.3) is 5.56 Å². The lowest BCUT2D eigenvalue weighted by molar-refractivity contribution is 0.0601. The normalized spacial score (nSPS) is 15.5. The van der Waals surface area contributed by atoms with Gasteiger partial charge in [-0.3, -0.25) is 9.48 Å². The van der Waals surface area contributed by atoms with Crippen LogP contribution in [0.4, 0.5) is 0 Å². The Hall–Kier alpha value is -2.63. The number of aromatic amines is 1. The molecule has 0 radical (unpaired) electrons. The van der Waals surface area contributed by atoms with E-state index in [-0.39, 0.29) is 5.56 Å². The number of esters is 1. The summed E-state index contributed by atoms with van der Waals surface area (Å²) in [5, 5.41) is 5.96. The van der Waals surface area contributed by atoms with Gasteiger partial charge in [-0.1, -0.05) is 12.8 Å². The van der Waals surface area contributed by atoms with Crippen LogP contribution in [0.25, 0.3) is 21.8 Å². The monoisotopic (exact) mass is 311 g/mol. The molecule has 0 amide bonds. The van der Waals surface area contributed by atoms with E-state index in [4.69, 9.17) is 4.74 Å². The highest BCUT2D eigenvalue weighted by Gasteiger charge is 2.22. The molecule has 23 heavy (non-hydrogen) atoms. The number of H-pyrrole nitrogens is 1. The summed E-state index contributed by atoms with van der Waals surface area (Å²) in [5.74, 6) is -0.419. The van der Waals surface area contributed by atoms with Crippen molar-refractivity contribution in [2.75, 3.05) is 7.11 Å². The van der Waals surface area contributed by atoms with Gasteiger partial charge in [-0.2, -0.15) is 5.10 Å². The molecule has 2 aromatic heterocycles. The SMILES string of the molecule is COC(=O)c1ccc2c(c1)[nH]c(=O)c1cnn(C3CCCC3)c12. The molecular formula is C17H17N3O3. The lowest BCUT2D eigenvalue weighted by Gasteiger charge is -2.13. The summed E-state index contributed by atoms with van der Waals surface area (Å²) in [5.41, 5.74) is 1.72. The predicted octanol–water partition coefficient (Wildman–Crippen LogP) is 2.78. The van der Waals surface area contributed by atoms with Crippen molar-refractivity contribution in [3.8, 4) is 0 Å². The van der Waals surface area contributed by atoms with Crippen LogP contribution in [0.1, 0.15) is 42.1 Å². The van der Waals surface area contributed by atoms with Crippen LogP contribution in [0.2, 0.25) is 0 Å². The van der Waals surface area contributed by atoms with Gasteiger partial charge in [0.15, 0.2) is 0 Å². The number of rotatable bonds is 2. The average molecular weight is 311 g/mol. The van der Waals surface area contributed by atoms with Gasteiger partial charge >= 0.3 is 5.97 Å². The number of ether oxygens (including phenoxy) is 1. The van der Waals surface area contributed by atoms with E-state index in [1.54, 1.807) is 18.3 Å². The number of carbonyl (C=O) groups excluding carboxylic acids is 1. The zero-order chi connectivity index (χ0) is 16.0. The molecule has 1 fully saturated rings. The molecule has 6 nitrogen and oxygen atoms in total. The van der Waals surface area contributed by atoms with Crippen molar-refractivity contribution in [2.45, 2.75) is 31.7 Å². The second-order valence-electron chi connectivity index (χ2n) is 6.00. The third kappa shape index (κ3) is 2.13. The number of pyridine rings is 1. The van der Waals surface area contributed by atoms with Crippen molar-refractivity contribution in [1.82, 2.24) is 14.8 Å². The number of hydrogen-bond donors (Lipinski definition) is 1. The summed E-state index contributed by atoms with van der Waals surface area (Å²) in [6.07, 6.45) is 6.20. The molecule has 0 spiro atoms. The highest BCUT2D eigenvalue weighted by Crippen LogP contribution is 2.33. The number of carbonyl (C=O) groups is 1. The minimum Gasteiger partial charge on any atom is -0.465 e. The van der Waals surface area contributed by atoms with E-state index in [1.807, 2.05) is 10.7 Å². The quantitative estimate of drug-likeness (QED) is 0.738. The van der Waals surface area contributed by atoms with Crippen LogP contribution >= 0.6 is 0 Å². The van der Waals surface area contributed by atoms with Crippen molar-refractivity contribution in [3.63, 3.8) is 0 Å². The highest BCUT2D eigenvalue weighted by molar-refractivity contribution is 6.05. The van der Waals surface area contributed by atoms with Crippen LogP contribution in [-0.4, -0.2) is 27.8 Å². The molecule has 0 atom stereocenters. The van der Waals surface area contributed by atoms with Crippen molar-refractivity contribution >= 4 is 27.8 Å². The van der Waals surface area contributed by atoms with Gasteiger partial charge in [0.2, 0.25) is 0 Å². The molecule has 1 saturated carbocycles. The standard InChI is InChI=1S/C17H17N3O3/c1-23-17(22)10-6-7-12-14(8-10)19-16(21)13-9-18-20(15(12)13)11-4-2-3-5-11/h6-9,11H,2-5H2,1H3,(H,19,21). The lowest BCUT2D eigenvalue weighted by Crippen LogP contribution is -2.10. The summed E-state index contributed by atoms with van der Waals surface area (Å²) in [4.78, 5) is 26.9. The summed E-state index contributed by atoms with van der Waals surface area (Å²) >= 11 is 0. The van der Waals surface area contributed by atoms with Crippen LogP contribution in [0.3, 0.4) is 0 Å². The van der Waals surface area contributed by atoms with Gasteiger partial charge in [0, 0.05) is 5.39 Å². The van der Waals surface area contributed by atoms with Crippen LogP contribution in [0.5, 0.6) is 0 Å². The molecule has 0 bridgehead atoms. The molecule has 1 aromatic carbocycles. The molecule has 0 saturated heterocycles. The number of benzene rings is 1. The number of nitrogens with zero attached hydrogens (tertiary/aromatic N) is 2. The van der Waals surface area contributed by atoms with E-state index < -0.39 is 5.97 Å². The Kier molecular flexibility index (Phi) is 3.18. The van der Waals surface area contributed by atoms with Crippen molar-refractivity contribution < 1.29 is 9.53 Å². The molecule has 6 heteroatoms. The fraction of sp³-hybridized carbons (Fsp3) is 0.353. The molecule has 2 heterocycles. The van der Waals surface area contributed by atoms with Gasteiger partial charge in [-0.15, -0.1) is 0 Å². The van der Waals surface area contributed by atoms with E-state index in [1.165, 1.54) is 20.0 Å². The van der Waals surface area contributed by atoms with Crippen molar-refractivity contribution in [1.29, 1.82) is 0 Å². The highest BCUT2D eigenvalue weighted by atomic mass is 16.5. The Morgan fingerprint density at radius 1 is 1.30 bits per heavy atom. The van der Waals surface area contributed by atoms with E-state index in [0.29, 0.717) is 22.5 Å². The number of fused-ring (bicyclic) bond motifs is 3. The average Bonchev–Trinajstić information content (AvgIpc) is 3.22. The first kappa shape index (κ1) is 14.0. The first-order valence-corrected chi connectivity index (χ1v) is 7.80. The zero-order valence-corrected chi connectivity index (χ0v) is 12.8. The number of methoxy groups -OCH3 is 1. The van der Waals surface area contributed by atoms with E-state index >= 15 is 0 Å². The molecule has 1 aliphatic carbocycles. The predicted molar refractivity (Wildman–Crippen MR) is 86.7 cm³/mol. The first-order chi connectivity index (χ1) is 11.2. The maximum Gasteiger partial charge on any atom is 0.337 e. The third-order valence-electron chi connectivity index (χ3n) is 4.65. The number of aromatic nitrogens is 3. The fourth-order valence-electron chi connectivity index (χ4n) is 3.51. The van der Waals surface area contributed by atoms with Crippen LogP contribution < -0.4 is 5.56 Å². The maximum absolute atomic E-state index is 12.3. The van der Waals surface area contributed by atoms with Gasteiger partial charge in [0.1, 0.15) is 0 Å². The molecule has 4 rings (SSSR count). The Labute approximate surface area is 132 Å². The molecule has 1 aliphatic rings. The summed E-state index contributed by atoms with van der Waals surface area (Å²) in [6, 6.07) is 5.58. The Balaban J connectivity index is 2.01. The van der Waals surface area contributed by atoms with Crippen LogP contribution in [-0.2, 0) is 4.74 Å². The van der Waals surface area contributed by atoms with Crippen LogP contribution in [0.15, 0.2) is 29.2 Å². The van der Waals surface area contributed by atoms with E-state index in [0.717, 1.165) is 23.7 Å². The topological polar surface area (TPSA) is 77.0 Å². The molecule has 0 aliphatic heterocycles. The molecule has 3 aromatic rings. The Morgan fingerprint density at radius 3 is 2.83 bits per heavy atom. The lowest BCUT2D eigenvalue weighted by atomic mass is 10.1. The third-order valence-corrected chi connectivity index (χ3v) is 4.65. The van der Waals surface area contributed by atoms with Gasteiger partial charge in [-0.05, 0) is 31.0 Å². The van der Waals surface area contributed by atoms with E-state index in [2.05, 4.69) is 10.1 Å². The first-order valence-electron chi connectivity index (χ1n) is 7.80. The molecular weight excluding hydrogens is 294 g/mol. The van der Waals surface area contributed by atoms with Gasteiger partial charge in [0.05, 0.1) is 41.3 Å². The summed E-state index contributed by atoms with van der Waals surface area (Å²) in [6.45, 7) is 0. The second-order valence-corrected chi connectivity index (χ2v) is 6.00. The maximum atomic E-state index is 12.3. The minimum absolute atomic E-state index is 0.182. The zero-order valence-electron chi connectivity index (χ0n) is 12.8. The molecule has 118 valence electrons. The Morgan fingerprint density at radius 2 is 2.09 bits per heavy atom. The van der Waals surface area contributed by atoms with Gasteiger partial charge < -0.3 is 9.72 Å². The molecule has 0 unspecified atom stereocenters. The number of nitrogens with one attached hydrogen (secondary N) is 1. The van der Waals surface area contributed by atoms with E-state index in [9.17, 15) is 9.59 Å². The van der Waals surface area contributed by atoms with Crippen LogP contribution in [0, 0.1) is 0 Å². The summed E-state index contributed by atoms with van der Waals surface area (Å²) in [7, 11) is 1.34. The van der Waals surface area contributed by atoms with Crippen molar-refractivity contribution in [3.05, 3.63) is 40.3 Å². The van der Waals surface area contributed by atoms with Crippen molar-refractivity contribution in [2.24, 2.45) is 0 Å². The fourth-order valence-corrected chi connectivity index (χ4v) is 3.51. The Bertz CT molecular complexity index is 964. The molecule has 1 N–H and O–H groups in total. The van der Waals surface area contributed by atoms with Gasteiger partial charge in [-0.25, -0.2) is 4.79 Å². The number of hydrogen-bond acceptors (Lipinski definition) is 4. The minimum atomic E-state index is -0.419. The largest absolute Gasteiger partial charge is 0.465 e.